The number of morpholine rings is 1. The normalized spacial score (nSPS) is 24.0. The number of amides is 1. The third-order valence-corrected chi connectivity index (χ3v) is 5.25. The highest BCUT2D eigenvalue weighted by Gasteiger charge is 2.49. The summed E-state index contributed by atoms with van der Waals surface area (Å²) in [4.78, 5) is 15.0. The molecule has 1 saturated heterocycles. The van der Waals surface area contributed by atoms with Crippen molar-refractivity contribution >= 4 is 5.91 Å². The zero-order valence-electron chi connectivity index (χ0n) is 15.6. The zero-order valence-corrected chi connectivity index (χ0v) is 15.6. The molecule has 2 aromatic rings. The van der Waals surface area contributed by atoms with Crippen LogP contribution in [0.15, 0.2) is 48.5 Å². The standard InChI is InChI=1S/C22H25NO3/c1-16-8-10-17(11-9-16)20(24)23-12-13-25-22(15-23)14-21(2,3)26-19-7-5-4-6-18(19)22/h4-11H,12-15H2,1-3H3. The van der Waals surface area contributed by atoms with Gasteiger partial charge in [-0.2, -0.15) is 0 Å². The Morgan fingerprint density at radius 2 is 1.81 bits per heavy atom. The van der Waals surface area contributed by atoms with Crippen LogP contribution < -0.4 is 4.74 Å². The summed E-state index contributed by atoms with van der Waals surface area (Å²) < 4.78 is 12.5. The number of aryl methyl sites for hydroxylation is 1. The van der Waals surface area contributed by atoms with E-state index in [0.29, 0.717) is 26.1 Å². The van der Waals surface area contributed by atoms with Crippen molar-refractivity contribution < 1.29 is 14.3 Å². The highest BCUT2D eigenvalue weighted by atomic mass is 16.5. The first-order valence-electron chi connectivity index (χ1n) is 9.17. The van der Waals surface area contributed by atoms with Gasteiger partial charge in [0.15, 0.2) is 0 Å². The number of fused-ring (bicyclic) bond motifs is 2. The van der Waals surface area contributed by atoms with E-state index >= 15 is 0 Å². The van der Waals surface area contributed by atoms with Crippen LogP contribution >= 0.6 is 0 Å². The molecule has 2 aliphatic rings. The summed E-state index contributed by atoms with van der Waals surface area (Å²) in [5.41, 5.74) is 2.06. The third kappa shape index (κ3) is 2.99. The molecule has 0 N–H and O–H groups in total. The average Bonchev–Trinajstić information content (AvgIpc) is 2.61. The molecule has 26 heavy (non-hydrogen) atoms. The lowest BCUT2D eigenvalue weighted by Gasteiger charge is -2.50. The van der Waals surface area contributed by atoms with Gasteiger partial charge in [-0.1, -0.05) is 35.9 Å². The van der Waals surface area contributed by atoms with Gasteiger partial charge in [-0.25, -0.2) is 0 Å². The molecule has 1 amide bonds. The lowest BCUT2D eigenvalue weighted by Crippen LogP contribution is -2.57. The van der Waals surface area contributed by atoms with E-state index in [1.165, 1.54) is 0 Å². The fourth-order valence-electron chi connectivity index (χ4n) is 4.15. The predicted molar refractivity (Wildman–Crippen MR) is 100 cm³/mol. The largest absolute Gasteiger partial charge is 0.487 e. The topological polar surface area (TPSA) is 38.8 Å². The number of benzene rings is 2. The maximum atomic E-state index is 13.0. The van der Waals surface area contributed by atoms with Gasteiger partial charge in [-0.05, 0) is 39.0 Å². The second-order valence-electron chi connectivity index (χ2n) is 7.97. The highest BCUT2D eigenvalue weighted by molar-refractivity contribution is 5.94. The van der Waals surface area contributed by atoms with Crippen LogP contribution in [0.1, 0.15) is 41.8 Å². The number of carbonyl (C=O) groups excluding carboxylic acids is 1. The molecule has 136 valence electrons. The predicted octanol–water partition coefficient (Wildman–Crippen LogP) is 3.92. The monoisotopic (exact) mass is 351 g/mol. The van der Waals surface area contributed by atoms with Gasteiger partial charge in [0.2, 0.25) is 0 Å². The van der Waals surface area contributed by atoms with Crippen molar-refractivity contribution in [3.8, 4) is 5.75 Å². The Balaban J connectivity index is 1.67. The number of hydrogen-bond acceptors (Lipinski definition) is 3. The van der Waals surface area contributed by atoms with Crippen LogP contribution in [0.3, 0.4) is 0 Å². The minimum Gasteiger partial charge on any atom is -0.487 e. The van der Waals surface area contributed by atoms with E-state index < -0.39 is 5.60 Å². The minimum atomic E-state index is -0.517. The molecular weight excluding hydrogens is 326 g/mol. The number of ether oxygens (including phenoxy) is 2. The summed E-state index contributed by atoms with van der Waals surface area (Å²) in [5.74, 6) is 0.919. The number of carbonyl (C=O) groups is 1. The number of rotatable bonds is 1. The molecule has 0 bridgehead atoms. The first-order valence-corrected chi connectivity index (χ1v) is 9.17. The zero-order chi connectivity index (χ0) is 18.4. The Kier molecular flexibility index (Phi) is 4.03. The number of hydrogen-bond donors (Lipinski definition) is 0. The van der Waals surface area contributed by atoms with E-state index in [2.05, 4.69) is 19.9 Å². The molecular formula is C22H25NO3. The van der Waals surface area contributed by atoms with Crippen LogP contribution in [-0.2, 0) is 10.3 Å². The van der Waals surface area contributed by atoms with Crippen molar-refractivity contribution in [1.82, 2.24) is 4.90 Å². The molecule has 1 fully saturated rings. The molecule has 2 aromatic carbocycles. The summed E-state index contributed by atoms with van der Waals surface area (Å²) in [6, 6.07) is 15.8. The third-order valence-electron chi connectivity index (χ3n) is 5.25. The maximum absolute atomic E-state index is 13.0. The summed E-state index contributed by atoms with van der Waals surface area (Å²) in [6.45, 7) is 7.87. The van der Waals surface area contributed by atoms with Gasteiger partial charge in [0.1, 0.15) is 17.0 Å². The SMILES string of the molecule is Cc1ccc(C(=O)N2CCOC3(C2)CC(C)(C)Oc2ccccc23)cc1. The first kappa shape index (κ1) is 17.1. The van der Waals surface area contributed by atoms with Crippen LogP contribution in [-0.4, -0.2) is 36.1 Å². The van der Waals surface area contributed by atoms with Crippen LogP contribution in [0.4, 0.5) is 0 Å². The second-order valence-corrected chi connectivity index (χ2v) is 7.97. The van der Waals surface area contributed by atoms with Gasteiger partial charge in [0.25, 0.3) is 5.91 Å². The van der Waals surface area contributed by atoms with Gasteiger partial charge < -0.3 is 14.4 Å². The Labute approximate surface area is 154 Å². The Bertz CT molecular complexity index is 828. The smallest absolute Gasteiger partial charge is 0.254 e. The van der Waals surface area contributed by atoms with Crippen molar-refractivity contribution in [1.29, 1.82) is 0 Å². The fraction of sp³-hybridized carbons (Fsp3) is 0.409. The highest BCUT2D eigenvalue weighted by Crippen LogP contribution is 2.47. The van der Waals surface area contributed by atoms with Crippen LogP contribution in [0.25, 0.3) is 0 Å². The van der Waals surface area contributed by atoms with E-state index in [1.807, 2.05) is 54.3 Å². The van der Waals surface area contributed by atoms with Crippen molar-refractivity contribution in [3.63, 3.8) is 0 Å². The van der Waals surface area contributed by atoms with Gasteiger partial charge in [0, 0.05) is 24.1 Å². The van der Waals surface area contributed by atoms with Gasteiger partial charge in [0.05, 0.1) is 13.2 Å². The molecule has 4 rings (SSSR count). The summed E-state index contributed by atoms with van der Waals surface area (Å²) in [7, 11) is 0. The van der Waals surface area contributed by atoms with E-state index in [1.54, 1.807) is 0 Å². The number of para-hydroxylation sites is 1. The summed E-state index contributed by atoms with van der Waals surface area (Å²) in [5, 5.41) is 0. The Morgan fingerprint density at radius 1 is 1.08 bits per heavy atom. The Hall–Kier alpha value is -2.33. The van der Waals surface area contributed by atoms with Gasteiger partial charge in [-0.3, -0.25) is 4.79 Å². The van der Waals surface area contributed by atoms with E-state index in [9.17, 15) is 4.79 Å². The van der Waals surface area contributed by atoms with Crippen molar-refractivity contribution in [3.05, 3.63) is 65.2 Å². The minimum absolute atomic E-state index is 0.0643. The molecule has 1 spiro atoms. The molecule has 1 unspecified atom stereocenters. The quantitative estimate of drug-likeness (QED) is 0.781. The van der Waals surface area contributed by atoms with Crippen LogP contribution in [0.2, 0.25) is 0 Å². The molecule has 2 aliphatic heterocycles. The van der Waals surface area contributed by atoms with Crippen molar-refractivity contribution in [2.24, 2.45) is 0 Å². The van der Waals surface area contributed by atoms with Gasteiger partial charge >= 0.3 is 0 Å². The molecule has 0 saturated carbocycles. The average molecular weight is 351 g/mol. The van der Waals surface area contributed by atoms with Crippen LogP contribution in [0.5, 0.6) is 5.75 Å². The van der Waals surface area contributed by atoms with E-state index in [4.69, 9.17) is 9.47 Å². The lowest BCUT2D eigenvalue weighted by molar-refractivity contribution is -0.148. The van der Waals surface area contributed by atoms with Gasteiger partial charge in [-0.15, -0.1) is 0 Å². The maximum Gasteiger partial charge on any atom is 0.254 e. The Morgan fingerprint density at radius 3 is 2.58 bits per heavy atom. The van der Waals surface area contributed by atoms with E-state index in [-0.39, 0.29) is 11.5 Å². The first-order chi connectivity index (χ1) is 12.4. The molecule has 0 aliphatic carbocycles. The van der Waals surface area contributed by atoms with Crippen molar-refractivity contribution in [2.45, 2.75) is 38.4 Å². The molecule has 0 aromatic heterocycles. The molecule has 2 heterocycles. The fourth-order valence-corrected chi connectivity index (χ4v) is 4.15. The van der Waals surface area contributed by atoms with E-state index in [0.717, 1.165) is 22.4 Å². The molecule has 0 radical (unpaired) electrons. The summed E-state index contributed by atoms with van der Waals surface area (Å²) >= 11 is 0. The molecule has 4 nitrogen and oxygen atoms in total. The molecule has 4 heteroatoms. The second kappa shape index (κ2) is 6.13. The summed E-state index contributed by atoms with van der Waals surface area (Å²) in [6.07, 6.45) is 0.717. The number of nitrogens with zero attached hydrogens (tertiary/aromatic N) is 1. The van der Waals surface area contributed by atoms with Crippen molar-refractivity contribution in [2.75, 3.05) is 19.7 Å². The molecule has 1 atom stereocenters. The van der Waals surface area contributed by atoms with Crippen LogP contribution in [0, 0.1) is 6.92 Å². The lowest BCUT2D eigenvalue weighted by atomic mass is 9.79.